The zero-order valence-electron chi connectivity index (χ0n) is 10.2. The van der Waals surface area contributed by atoms with Crippen molar-refractivity contribution in [3.05, 3.63) is 11.6 Å². The van der Waals surface area contributed by atoms with Crippen LogP contribution in [-0.4, -0.2) is 0 Å². The van der Waals surface area contributed by atoms with E-state index >= 15 is 0 Å². The van der Waals surface area contributed by atoms with E-state index in [1.807, 2.05) is 0 Å². The molecule has 0 N–H and O–H groups in total. The van der Waals surface area contributed by atoms with E-state index in [0.717, 1.165) is 11.8 Å². The third-order valence-electron chi connectivity index (χ3n) is 3.71. The Balaban J connectivity index is 2.48. The molecule has 0 aliphatic heterocycles. The summed E-state index contributed by atoms with van der Waals surface area (Å²) in [6, 6.07) is 0. The lowest BCUT2D eigenvalue weighted by molar-refractivity contribution is 0.342. The third kappa shape index (κ3) is 3.15. The van der Waals surface area contributed by atoms with Crippen LogP contribution in [0.25, 0.3) is 0 Å². The summed E-state index contributed by atoms with van der Waals surface area (Å²) >= 11 is 0. The molecule has 1 fully saturated rings. The molecule has 0 nitrogen and oxygen atoms in total. The highest BCUT2D eigenvalue weighted by Crippen LogP contribution is 2.32. The first-order chi connectivity index (χ1) is 6.81. The quantitative estimate of drug-likeness (QED) is 0.525. The second-order valence-corrected chi connectivity index (χ2v) is 4.71. The Labute approximate surface area is 89.8 Å². The van der Waals surface area contributed by atoms with Gasteiger partial charge in [-0.2, -0.15) is 0 Å². The van der Waals surface area contributed by atoms with E-state index in [9.17, 15) is 0 Å². The minimum atomic E-state index is 0.871. The van der Waals surface area contributed by atoms with Crippen molar-refractivity contribution in [1.29, 1.82) is 0 Å². The van der Waals surface area contributed by atoms with Crippen molar-refractivity contribution in [3.8, 4) is 0 Å². The number of hydrogen-bond donors (Lipinski definition) is 0. The summed E-state index contributed by atoms with van der Waals surface area (Å²) in [5.41, 5.74) is 1.74. The first-order valence-corrected chi connectivity index (χ1v) is 6.51. The summed E-state index contributed by atoms with van der Waals surface area (Å²) < 4.78 is 0. The molecule has 2 atom stereocenters. The molecular formula is C14H26. The van der Waals surface area contributed by atoms with Gasteiger partial charge >= 0.3 is 0 Å². The Hall–Kier alpha value is -0.260. The zero-order valence-corrected chi connectivity index (χ0v) is 10.2. The van der Waals surface area contributed by atoms with Crippen molar-refractivity contribution in [1.82, 2.24) is 0 Å². The van der Waals surface area contributed by atoms with E-state index in [-0.39, 0.29) is 0 Å². The minimum absolute atomic E-state index is 0.871. The lowest BCUT2D eigenvalue weighted by Crippen LogP contribution is -2.13. The molecule has 0 radical (unpaired) electrons. The summed E-state index contributed by atoms with van der Waals surface area (Å²) in [5.74, 6) is 1.81. The Morgan fingerprint density at radius 1 is 1.14 bits per heavy atom. The highest BCUT2D eigenvalue weighted by Gasteiger charge is 2.18. The second kappa shape index (κ2) is 6.27. The molecule has 0 saturated heterocycles. The molecule has 1 aliphatic carbocycles. The standard InChI is InChI=1S/C14H26/c1-4-8-13(5-2)14(6-3)11-12-9-7-10-12/h11,13-14H,4-10H2,1-3H3. The fourth-order valence-electron chi connectivity index (χ4n) is 2.53. The predicted molar refractivity (Wildman–Crippen MR) is 64.4 cm³/mol. The molecule has 0 heteroatoms. The SMILES string of the molecule is CCCC(CC)C(C=C1CCC1)CC. The highest BCUT2D eigenvalue weighted by molar-refractivity contribution is 5.11. The number of hydrogen-bond acceptors (Lipinski definition) is 0. The molecule has 82 valence electrons. The van der Waals surface area contributed by atoms with Crippen LogP contribution >= 0.6 is 0 Å². The maximum absolute atomic E-state index is 2.60. The van der Waals surface area contributed by atoms with Gasteiger partial charge in [-0.05, 0) is 37.5 Å². The van der Waals surface area contributed by atoms with Gasteiger partial charge in [0.2, 0.25) is 0 Å². The Kier molecular flexibility index (Phi) is 5.29. The van der Waals surface area contributed by atoms with Crippen molar-refractivity contribution in [2.24, 2.45) is 11.8 Å². The molecule has 0 aromatic carbocycles. The summed E-state index contributed by atoms with van der Waals surface area (Å²) in [6.45, 7) is 7.01. The van der Waals surface area contributed by atoms with E-state index in [4.69, 9.17) is 0 Å². The van der Waals surface area contributed by atoms with Crippen molar-refractivity contribution in [2.45, 2.75) is 65.7 Å². The van der Waals surface area contributed by atoms with Gasteiger partial charge in [0.05, 0.1) is 0 Å². The monoisotopic (exact) mass is 194 g/mol. The van der Waals surface area contributed by atoms with Crippen LogP contribution in [0, 0.1) is 11.8 Å². The topological polar surface area (TPSA) is 0 Å². The fourth-order valence-corrected chi connectivity index (χ4v) is 2.53. The maximum atomic E-state index is 2.60. The summed E-state index contributed by atoms with van der Waals surface area (Å²) in [7, 11) is 0. The van der Waals surface area contributed by atoms with Crippen LogP contribution in [0.4, 0.5) is 0 Å². The average Bonchev–Trinajstić information content (AvgIpc) is 2.14. The van der Waals surface area contributed by atoms with Crippen LogP contribution in [0.2, 0.25) is 0 Å². The molecule has 0 aromatic rings. The molecule has 1 rings (SSSR count). The van der Waals surface area contributed by atoms with Gasteiger partial charge in [0.1, 0.15) is 0 Å². The third-order valence-corrected chi connectivity index (χ3v) is 3.71. The van der Waals surface area contributed by atoms with Gasteiger partial charge in [-0.3, -0.25) is 0 Å². The van der Waals surface area contributed by atoms with Crippen LogP contribution in [0.1, 0.15) is 65.7 Å². The van der Waals surface area contributed by atoms with Gasteiger partial charge < -0.3 is 0 Å². The van der Waals surface area contributed by atoms with Crippen LogP contribution in [-0.2, 0) is 0 Å². The summed E-state index contributed by atoms with van der Waals surface area (Å²) in [5, 5.41) is 0. The molecule has 1 saturated carbocycles. The Morgan fingerprint density at radius 3 is 2.21 bits per heavy atom. The average molecular weight is 194 g/mol. The van der Waals surface area contributed by atoms with Crippen molar-refractivity contribution in [2.75, 3.05) is 0 Å². The largest absolute Gasteiger partial charge is 0.0819 e. The molecular weight excluding hydrogens is 168 g/mol. The van der Waals surface area contributed by atoms with Crippen LogP contribution in [0.5, 0.6) is 0 Å². The molecule has 0 spiro atoms. The summed E-state index contributed by atoms with van der Waals surface area (Å²) in [4.78, 5) is 0. The van der Waals surface area contributed by atoms with E-state index in [2.05, 4.69) is 26.8 Å². The van der Waals surface area contributed by atoms with Crippen LogP contribution in [0.3, 0.4) is 0 Å². The number of allylic oxidation sites excluding steroid dienone is 2. The smallest absolute Gasteiger partial charge is 0.0205 e. The fraction of sp³-hybridized carbons (Fsp3) is 0.857. The lowest BCUT2D eigenvalue weighted by Gasteiger charge is -2.26. The first kappa shape index (κ1) is 11.8. The van der Waals surface area contributed by atoms with Crippen LogP contribution in [0.15, 0.2) is 11.6 Å². The van der Waals surface area contributed by atoms with Gasteiger partial charge in [-0.1, -0.05) is 51.7 Å². The number of rotatable bonds is 6. The van der Waals surface area contributed by atoms with E-state index in [1.54, 1.807) is 5.57 Å². The molecule has 2 unspecified atom stereocenters. The normalized spacial score (nSPS) is 20.1. The van der Waals surface area contributed by atoms with Crippen molar-refractivity contribution < 1.29 is 0 Å². The molecule has 0 aromatic heterocycles. The molecule has 0 heterocycles. The predicted octanol–water partition coefficient (Wildman–Crippen LogP) is 4.95. The van der Waals surface area contributed by atoms with E-state index in [0.29, 0.717) is 0 Å². The molecule has 0 amide bonds. The Bertz CT molecular complexity index is 172. The Morgan fingerprint density at radius 2 is 1.86 bits per heavy atom. The van der Waals surface area contributed by atoms with Gasteiger partial charge in [0.25, 0.3) is 0 Å². The van der Waals surface area contributed by atoms with Crippen molar-refractivity contribution >= 4 is 0 Å². The molecule has 14 heavy (non-hydrogen) atoms. The lowest BCUT2D eigenvalue weighted by atomic mass is 9.80. The maximum Gasteiger partial charge on any atom is -0.0205 e. The molecule has 0 bridgehead atoms. The van der Waals surface area contributed by atoms with Gasteiger partial charge in [-0.15, -0.1) is 0 Å². The highest BCUT2D eigenvalue weighted by atomic mass is 14.2. The van der Waals surface area contributed by atoms with Crippen LogP contribution < -0.4 is 0 Å². The van der Waals surface area contributed by atoms with Crippen molar-refractivity contribution in [3.63, 3.8) is 0 Å². The minimum Gasteiger partial charge on any atom is -0.0819 e. The second-order valence-electron chi connectivity index (χ2n) is 4.71. The van der Waals surface area contributed by atoms with Gasteiger partial charge in [0, 0.05) is 0 Å². The van der Waals surface area contributed by atoms with E-state index in [1.165, 1.54) is 44.9 Å². The first-order valence-electron chi connectivity index (χ1n) is 6.51. The molecule has 1 aliphatic rings. The van der Waals surface area contributed by atoms with Gasteiger partial charge in [-0.25, -0.2) is 0 Å². The van der Waals surface area contributed by atoms with Gasteiger partial charge in [0.15, 0.2) is 0 Å². The van der Waals surface area contributed by atoms with E-state index < -0.39 is 0 Å². The summed E-state index contributed by atoms with van der Waals surface area (Å²) in [6.07, 6.45) is 12.3. The zero-order chi connectivity index (χ0) is 10.4.